The second kappa shape index (κ2) is 6.42. The number of rotatable bonds is 6. The third kappa shape index (κ3) is 3.51. The van der Waals surface area contributed by atoms with Crippen LogP contribution in [0.25, 0.3) is 0 Å². The molecule has 1 heterocycles. The van der Waals surface area contributed by atoms with Crippen molar-refractivity contribution in [3.8, 4) is 5.75 Å². The number of benzene rings is 1. The van der Waals surface area contributed by atoms with Gasteiger partial charge in [-0.2, -0.15) is 5.10 Å². The molecule has 20 heavy (non-hydrogen) atoms. The van der Waals surface area contributed by atoms with Gasteiger partial charge < -0.3 is 9.84 Å². The lowest BCUT2D eigenvalue weighted by Crippen LogP contribution is -2.00. The highest BCUT2D eigenvalue weighted by Crippen LogP contribution is 2.21. The van der Waals surface area contributed by atoms with E-state index in [0.717, 1.165) is 23.1 Å². The first kappa shape index (κ1) is 14.4. The number of carboxylic acid groups (broad SMARTS) is 1. The fourth-order valence-electron chi connectivity index (χ4n) is 1.77. The minimum Gasteiger partial charge on any atom is -0.496 e. The molecule has 0 amide bonds. The molecule has 0 atom stereocenters. The summed E-state index contributed by atoms with van der Waals surface area (Å²) >= 11 is 1.16. The van der Waals surface area contributed by atoms with E-state index in [0.29, 0.717) is 17.4 Å². The molecule has 1 aromatic heterocycles. The highest BCUT2D eigenvalue weighted by atomic mass is 32.2. The monoisotopic (exact) mass is 293 g/mol. The van der Waals surface area contributed by atoms with Crippen molar-refractivity contribution in [2.75, 3.05) is 12.9 Å². The summed E-state index contributed by atoms with van der Waals surface area (Å²) in [5.41, 5.74) is 0.996. The number of hydrogen-bond acceptors (Lipinski definition) is 5. The smallest absolute Gasteiger partial charge is 0.313 e. The first-order chi connectivity index (χ1) is 9.60. The molecule has 0 fully saturated rings. The Labute approximate surface area is 120 Å². The van der Waals surface area contributed by atoms with Gasteiger partial charge in [0.25, 0.3) is 0 Å². The summed E-state index contributed by atoms with van der Waals surface area (Å²) in [5, 5.41) is 13.6. The second-order valence-electron chi connectivity index (χ2n) is 4.11. The number of para-hydroxylation sites is 1. The van der Waals surface area contributed by atoms with Gasteiger partial charge in [-0.1, -0.05) is 30.0 Å². The summed E-state index contributed by atoms with van der Waals surface area (Å²) in [6.07, 6.45) is 0.547. The highest BCUT2D eigenvalue weighted by molar-refractivity contribution is 7.99. The van der Waals surface area contributed by atoms with Crippen LogP contribution in [0.1, 0.15) is 11.4 Å². The summed E-state index contributed by atoms with van der Waals surface area (Å²) < 4.78 is 6.88. The molecule has 0 saturated heterocycles. The molecule has 0 bridgehead atoms. The molecule has 0 aliphatic carbocycles. The van der Waals surface area contributed by atoms with E-state index in [9.17, 15) is 4.79 Å². The zero-order chi connectivity index (χ0) is 14.5. The topological polar surface area (TPSA) is 77.2 Å². The van der Waals surface area contributed by atoms with Gasteiger partial charge in [-0.25, -0.2) is 9.67 Å². The normalized spacial score (nSPS) is 10.5. The number of methoxy groups -OCH3 is 1. The molecule has 0 aliphatic rings. The number of aryl methyl sites for hydroxylation is 1. The molecule has 0 radical (unpaired) electrons. The fourth-order valence-corrected chi connectivity index (χ4v) is 2.42. The van der Waals surface area contributed by atoms with E-state index in [-0.39, 0.29) is 5.75 Å². The number of aliphatic carboxylic acids is 1. The Balaban J connectivity index is 2.14. The van der Waals surface area contributed by atoms with Crippen molar-refractivity contribution in [3.63, 3.8) is 0 Å². The number of nitrogens with zero attached hydrogens (tertiary/aromatic N) is 3. The van der Waals surface area contributed by atoms with Gasteiger partial charge in [-0.15, -0.1) is 0 Å². The van der Waals surface area contributed by atoms with Gasteiger partial charge >= 0.3 is 5.97 Å². The lowest BCUT2D eigenvalue weighted by atomic mass is 10.1. The number of aromatic nitrogens is 3. The second-order valence-corrected chi connectivity index (χ2v) is 5.05. The van der Waals surface area contributed by atoms with Crippen LogP contribution in [0.5, 0.6) is 5.75 Å². The van der Waals surface area contributed by atoms with E-state index in [1.165, 1.54) is 0 Å². The number of carboxylic acids is 1. The van der Waals surface area contributed by atoms with Crippen molar-refractivity contribution in [2.24, 2.45) is 7.05 Å². The van der Waals surface area contributed by atoms with Crippen molar-refractivity contribution in [1.29, 1.82) is 0 Å². The van der Waals surface area contributed by atoms with Gasteiger partial charge in [-0.05, 0) is 6.07 Å². The molecule has 1 aromatic carbocycles. The Morgan fingerprint density at radius 3 is 2.90 bits per heavy atom. The Kier molecular flexibility index (Phi) is 4.62. The molecule has 1 N–H and O–H groups in total. The maximum atomic E-state index is 10.6. The quantitative estimate of drug-likeness (QED) is 0.815. The third-order valence-corrected chi connectivity index (χ3v) is 3.64. The van der Waals surface area contributed by atoms with Crippen LogP contribution in [0.2, 0.25) is 0 Å². The molecular weight excluding hydrogens is 278 g/mol. The Morgan fingerprint density at radius 2 is 2.20 bits per heavy atom. The SMILES string of the molecule is COc1ccccc1Cc1nc(SCC(=O)O)n(C)n1. The van der Waals surface area contributed by atoms with Gasteiger partial charge in [0.1, 0.15) is 5.75 Å². The standard InChI is InChI=1S/C13H15N3O3S/c1-16-13(20-8-12(17)18)14-11(15-16)7-9-5-3-4-6-10(9)19-2/h3-6H,7-8H2,1-2H3,(H,17,18). The van der Waals surface area contributed by atoms with Gasteiger partial charge in [0, 0.05) is 19.0 Å². The van der Waals surface area contributed by atoms with Crippen LogP contribution in [-0.2, 0) is 18.3 Å². The largest absolute Gasteiger partial charge is 0.496 e. The Morgan fingerprint density at radius 1 is 1.45 bits per heavy atom. The minimum absolute atomic E-state index is 0.0272. The molecular formula is C13H15N3O3S. The van der Waals surface area contributed by atoms with Gasteiger partial charge in [0.15, 0.2) is 11.0 Å². The summed E-state index contributed by atoms with van der Waals surface area (Å²) in [7, 11) is 3.38. The van der Waals surface area contributed by atoms with Crippen LogP contribution >= 0.6 is 11.8 Å². The predicted molar refractivity (Wildman–Crippen MR) is 75.2 cm³/mol. The van der Waals surface area contributed by atoms with E-state index in [4.69, 9.17) is 9.84 Å². The lowest BCUT2D eigenvalue weighted by molar-refractivity contribution is -0.133. The Hall–Kier alpha value is -2.02. The average molecular weight is 293 g/mol. The number of thioether (sulfide) groups is 1. The predicted octanol–water partition coefficient (Wildman–Crippen LogP) is 1.59. The van der Waals surface area contributed by atoms with Gasteiger partial charge in [0.2, 0.25) is 0 Å². The molecule has 6 nitrogen and oxygen atoms in total. The highest BCUT2D eigenvalue weighted by Gasteiger charge is 2.12. The van der Waals surface area contributed by atoms with Gasteiger partial charge in [0.05, 0.1) is 12.9 Å². The zero-order valence-electron chi connectivity index (χ0n) is 11.2. The minimum atomic E-state index is -0.871. The molecule has 7 heteroatoms. The van der Waals surface area contributed by atoms with Crippen molar-refractivity contribution in [1.82, 2.24) is 14.8 Å². The maximum absolute atomic E-state index is 10.6. The van der Waals surface area contributed by atoms with Crippen molar-refractivity contribution in [2.45, 2.75) is 11.6 Å². The van der Waals surface area contributed by atoms with E-state index in [2.05, 4.69) is 10.1 Å². The van der Waals surface area contributed by atoms with E-state index in [1.807, 2.05) is 24.3 Å². The third-order valence-electron chi connectivity index (χ3n) is 2.63. The van der Waals surface area contributed by atoms with Crippen LogP contribution in [0.3, 0.4) is 0 Å². The number of hydrogen-bond donors (Lipinski definition) is 1. The van der Waals surface area contributed by atoms with Crippen molar-refractivity contribution >= 4 is 17.7 Å². The van der Waals surface area contributed by atoms with E-state index in [1.54, 1.807) is 18.8 Å². The summed E-state index contributed by atoms with van der Waals surface area (Å²) in [6, 6.07) is 7.68. The summed E-state index contributed by atoms with van der Waals surface area (Å²) in [5.74, 6) is 0.537. The van der Waals surface area contributed by atoms with Gasteiger partial charge in [-0.3, -0.25) is 4.79 Å². The maximum Gasteiger partial charge on any atom is 0.313 e. The number of carbonyl (C=O) groups is 1. The average Bonchev–Trinajstić information content (AvgIpc) is 2.77. The molecule has 0 spiro atoms. The fraction of sp³-hybridized carbons (Fsp3) is 0.308. The Bertz CT molecular complexity index is 613. The molecule has 0 saturated carbocycles. The molecule has 0 unspecified atom stereocenters. The van der Waals surface area contributed by atoms with Crippen LogP contribution in [0, 0.1) is 0 Å². The van der Waals surface area contributed by atoms with E-state index >= 15 is 0 Å². The van der Waals surface area contributed by atoms with E-state index < -0.39 is 5.97 Å². The lowest BCUT2D eigenvalue weighted by Gasteiger charge is -2.05. The first-order valence-electron chi connectivity index (χ1n) is 5.96. The van der Waals surface area contributed by atoms with Crippen LogP contribution < -0.4 is 4.74 Å². The number of ether oxygens (including phenoxy) is 1. The van der Waals surface area contributed by atoms with Crippen LogP contribution in [0.4, 0.5) is 0 Å². The zero-order valence-corrected chi connectivity index (χ0v) is 12.1. The summed E-state index contributed by atoms with van der Waals surface area (Å²) in [6.45, 7) is 0. The van der Waals surface area contributed by atoms with Crippen LogP contribution in [0.15, 0.2) is 29.4 Å². The first-order valence-corrected chi connectivity index (χ1v) is 6.95. The van der Waals surface area contributed by atoms with Crippen molar-refractivity contribution in [3.05, 3.63) is 35.7 Å². The summed E-state index contributed by atoms with van der Waals surface area (Å²) in [4.78, 5) is 14.9. The van der Waals surface area contributed by atoms with Crippen molar-refractivity contribution < 1.29 is 14.6 Å². The molecule has 106 valence electrons. The molecule has 0 aliphatic heterocycles. The molecule has 2 aromatic rings. The van der Waals surface area contributed by atoms with Crippen LogP contribution in [-0.4, -0.2) is 38.7 Å². The molecule has 2 rings (SSSR count).